The van der Waals surface area contributed by atoms with Crippen LogP contribution >= 0.6 is 23.2 Å². The van der Waals surface area contributed by atoms with Gasteiger partial charge in [0.25, 0.3) is 5.91 Å². The lowest BCUT2D eigenvalue weighted by atomic mass is 9.89. The Hall–Kier alpha value is -2.89. The van der Waals surface area contributed by atoms with E-state index in [-0.39, 0.29) is 24.3 Å². The number of carbonyl (C=O) groups is 2. The molecule has 4 rings (SSSR count). The zero-order chi connectivity index (χ0) is 22.0. The first-order valence-corrected chi connectivity index (χ1v) is 10.8. The van der Waals surface area contributed by atoms with Crippen molar-refractivity contribution in [3.05, 3.63) is 93.1 Å². The zero-order valence-electron chi connectivity index (χ0n) is 16.9. The Morgan fingerprint density at radius 2 is 1.81 bits per heavy atom. The number of pyridine rings is 1. The van der Waals surface area contributed by atoms with E-state index in [0.29, 0.717) is 40.0 Å². The second-order valence-corrected chi connectivity index (χ2v) is 8.25. The van der Waals surface area contributed by atoms with Crippen LogP contribution in [0.3, 0.4) is 0 Å². The van der Waals surface area contributed by atoms with Crippen molar-refractivity contribution in [1.82, 2.24) is 9.88 Å². The summed E-state index contributed by atoms with van der Waals surface area (Å²) in [6.07, 6.45) is 2.36. The zero-order valence-corrected chi connectivity index (χ0v) is 18.5. The normalized spacial score (nSPS) is 15.3. The van der Waals surface area contributed by atoms with Gasteiger partial charge >= 0.3 is 0 Å². The number of benzene rings is 2. The van der Waals surface area contributed by atoms with Gasteiger partial charge in [-0.2, -0.15) is 0 Å². The van der Waals surface area contributed by atoms with Gasteiger partial charge < -0.3 is 10.2 Å². The molecular formula is C24H21Cl2N3O2. The fourth-order valence-electron chi connectivity index (χ4n) is 4.00. The maximum Gasteiger partial charge on any atom is 0.257 e. The molecule has 0 spiro atoms. The molecule has 0 radical (unpaired) electrons. The van der Waals surface area contributed by atoms with Crippen LogP contribution in [-0.4, -0.2) is 28.2 Å². The van der Waals surface area contributed by atoms with Crippen LogP contribution in [0.1, 0.15) is 40.0 Å². The molecule has 0 aliphatic carbocycles. The van der Waals surface area contributed by atoms with Gasteiger partial charge in [-0.05, 0) is 60.4 Å². The number of anilines is 1. The highest BCUT2D eigenvalue weighted by Crippen LogP contribution is 2.33. The molecule has 1 aliphatic rings. The molecule has 0 saturated carbocycles. The second-order valence-electron chi connectivity index (χ2n) is 7.43. The van der Waals surface area contributed by atoms with E-state index in [1.807, 2.05) is 36.1 Å². The number of nitrogens with one attached hydrogen (secondary N) is 1. The van der Waals surface area contributed by atoms with Crippen LogP contribution in [0.25, 0.3) is 0 Å². The summed E-state index contributed by atoms with van der Waals surface area (Å²) in [6, 6.07) is 16.1. The molecule has 0 unspecified atom stereocenters. The lowest BCUT2D eigenvalue weighted by molar-refractivity contribution is -0.133. The monoisotopic (exact) mass is 453 g/mol. The summed E-state index contributed by atoms with van der Waals surface area (Å²) in [7, 11) is 0. The number of amides is 2. The van der Waals surface area contributed by atoms with Gasteiger partial charge in [0.2, 0.25) is 5.91 Å². The molecule has 7 heteroatoms. The third kappa shape index (κ3) is 4.43. The van der Waals surface area contributed by atoms with Gasteiger partial charge in [-0.1, -0.05) is 47.5 Å². The van der Waals surface area contributed by atoms with Gasteiger partial charge in [0.1, 0.15) is 5.82 Å². The van der Waals surface area contributed by atoms with Gasteiger partial charge in [0.15, 0.2) is 0 Å². The fourth-order valence-corrected chi connectivity index (χ4v) is 4.53. The van der Waals surface area contributed by atoms with Crippen LogP contribution in [0.5, 0.6) is 0 Å². The first-order valence-electron chi connectivity index (χ1n) is 10.0. The predicted molar refractivity (Wildman–Crippen MR) is 123 cm³/mol. The standard InChI is InChI=1S/C24H21Cl2N3O2/c1-15-16-6-4-7-18(24(31)28-22-10-2-3-12-27-22)17(16)11-13-29(15)23(30)14-19-20(25)8-5-9-21(19)26/h2-10,12,15H,11,13-14H2,1H3,(H,27,28,31)/t15-/m0/s1. The van der Waals surface area contributed by atoms with Gasteiger partial charge in [0.05, 0.1) is 12.5 Å². The van der Waals surface area contributed by atoms with Crippen molar-refractivity contribution < 1.29 is 9.59 Å². The van der Waals surface area contributed by atoms with Crippen LogP contribution in [0, 0.1) is 0 Å². The lowest BCUT2D eigenvalue weighted by Gasteiger charge is -2.36. The highest BCUT2D eigenvalue weighted by atomic mass is 35.5. The summed E-state index contributed by atoms with van der Waals surface area (Å²) >= 11 is 12.5. The molecule has 0 bridgehead atoms. The number of rotatable bonds is 4. The van der Waals surface area contributed by atoms with E-state index in [2.05, 4.69) is 10.3 Å². The van der Waals surface area contributed by atoms with Crippen LogP contribution in [0.15, 0.2) is 60.8 Å². The summed E-state index contributed by atoms with van der Waals surface area (Å²) in [4.78, 5) is 31.9. The molecule has 2 amide bonds. The Bertz CT molecular complexity index is 1110. The third-order valence-corrected chi connectivity index (χ3v) is 6.30. The highest BCUT2D eigenvalue weighted by Gasteiger charge is 2.30. The topological polar surface area (TPSA) is 62.3 Å². The molecule has 5 nitrogen and oxygen atoms in total. The van der Waals surface area contributed by atoms with Crippen LogP contribution in [0.2, 0.25) is 10.0 Å². The minimum Gasteiger partial charge on any atom is -0.335 e. The summed E-state index contributed by atoms with van der Waals surface area (Å²) in [6.45, 7) is 2.49. The first kappa shape index (κ1) is 21.3. The van der Waals surface area contributed by atoms with Crippen molar-refractivity contribution in [3.8, 4) is 0 Å². The Morgan fingerprint density at radius 1 is 1.06 bits per heavy atom. The van der Waals surface area contributed by atoms with Crippen LogP contribution in [0.4, 0.5) is 5.82 Å². The Morgan fingerprint density at radius 3 is 2.52 bits per heavy atom. The van der Waals surface area contributed by atoms with Crippen molar-refractivity contribution >= 4 is 40.8 Å². The molecule has 0 saturated heterocycles. The molecule has 3 aromatic rings. The molecule has 1 aromatic heterocycles. The number of carbonyl (C=O) groups excluding carboxylic acids is 2. The molecule has 1 aliphatic heterocycles. The molecule has 1 N–H and O–H groups in total. The maximum atomic E-state index is 13.1. The van der Waals surface area contributed by atoms with Crippen molar-refractivity contribution in [2.75, 3.05) is 11.9 Å². The maximum absolute atomic E-state index is 13.1. The van der Waals surface area contributed by atoms with Crippen molar-refractivity contribution in [2.24, 2.45) is 0 Å². The summed E-state index contributed by atoms with van der Waals surface area (Å²) < 4.78 is 0. The molecule has 2 aromatic carbocycles. The van der Waals surface area contributed by atoms with E-state index < -0.39 is 0 Å². The third-order valence-electron chi connectivity index (χ3n) is 5.59. The Balaban J connectivity index is 1.55. The Kier molecular flexibility index (Phi) is 6.25. The predicted octanol–water partition coefficient (Wildman–Crippen LogP) is 5.33. The van der Waals surface area contributed by atoms with Gasteiger partial charge in [0, 0.05) is 28.4 Å². The van der Waals surface area contributed by atoms with Crippen LogP contribution in [-0.2, 0) is 17.6 Å². The number of halogens is 2. The quantitative estimate of drug-likeness (QED) is 0.580. The number of aromatic nitrogens is 1. The average molecular weight is 454 g/mol. The molecule has 31 heavy (non-hydrogen) atoms. The van der Waals surface area contributed by atoms with Crippen LogP contribution < -0.4 is 5.32 Å². The number of fused-ring (bicyclic) bond motifs is 1. The molecular weight excluding hydrogens is 433 g/mol. The largest absolute Gasteiger partial charge is 0.335 e. The molecule has 1 atom stereocenters. The van der Waals surface area contributed by atoms with Gasteiger partial charge in [-0.25, -0.2) is 4.98 Å². The summed E-state index contributed by atoms with van der Waals surface area (Å²) in [5, 5.41) is 3.81. The summed E-state index contributed by atoms with van der Waals surface area (Å²) in [5.41, 5.74) is 3.18. The van der Waals surface area contributed by atoms with E-state index in [9.17, 15) is 9.59 Å². The highest BCUT2D eigenvalue weighted by molar-refractivity contribution is 6.36. The Labute approximate surface area is 191 Å². The van der Waals surface area contributed by atoms with E-state index in [1.165, 1.54) is 0 Å². The van der Waals surface area contributed by atoms with Gasteiger partial charge in [-0.15, -0.1) is 0 Å². The lowest BCUT2D eigenvalue weighted by Crippen LogP contribution is -2.40. The van der Waals surface area contributed by atoms with Gasteiger partial charge in [-0.3, -0.25) is 9.59 Å². The van der Waals surface area contributed by atoms with Crippen molar-refractivity contribution in [3.63, 3.8) is 0 Å². The SMILES string of the molecule is C[C@H]1c2cccc(C(=O)Nc3ccccn3)c2CCN1C(=O)Cc1c(Cl)cccc1Cl. The smallest absolute Gasteiger partial charge is 0.257 e. The number of hydrogen-bond acceptors (Lipinski definition) is 3. The minimum absolute atomic E-state index is 0.0449. The molecule has 158 valence electrons. The van der Waals surface area contributed by atoms with Crippen molar-refractivity contribution in [1.29, 1.82) is 0 Å². The second kappa shape index (κ2) is 9.08. The van der Waals surface area contributed by atoms with E-state index >= 15 is 0 Å². The van der Waals surface area contributed by atoms with Crippen molar-refractivity contribution in [2.45, 2.75) is 25.8 Å². The fraction of sp³-hybridized carbons (Fsp3) is 0.208. The van der Waals surface area contributed by atoms with E-state index in [4.69, 9.17) is 23.2 Å². The molecule has 0 fully saturated rings. The average Bonchev–Trinajstić information content (AvgIpc) is 2.77. The van der Waals surface area contributed by atoms with E-state index in [1.54, 1.807) is 36.5 Å². The number of hydrogen-bond donors (Lipinski definition) is 1. The van der Waals surface area contributed by atoms with E-state index in [0.717, 1.165) is 11.1 Å². The molecule has 2 heterocycles. The minimum atomic E-state index is -0.203. The first-order chi connectivity index (χ1) is 15.0. The summed E-state index contributed by atoms with van der Waals surface area (Å²) in [5.74, 6) is 0.254. The number of nitrogens with zero attached hydrogens (tertiary/aromatic N) is 2.